The Morgan fingerprint density at radius 2 is 2.10 bits per heavy atom. The van der Waals surface area contributed by atoms with Crippen molar-refractivity contribution in [2.75, 3.05) is 21.3 Å². The predicted molar refractivity (Wildman–Crippen MR) is 83.3 cm³/mol. The van der Waals surface area contributed by atoms with E-state index < -0.39 is 0 Å². The summed E-state index contributed by atoms with van der Waals surface area (Å²) in [5.41, 5.74) is 2.00. The van der Waals surface area contributed by atoms with E-state index in [1.807, 2.05) is 36.9 Å². The van der Waals surface area contributed by atoms with Crippen LogP contribution in [0.3, 0.4) is 0 Å². The molecule has 0 aliphatic heterocycles. The number of halogens is 1. The molecular formula is C15H20ClN3O2. The van der Waals surface area contributed by atoms with Crippen LogP contribution in [0.2, 0.25) is 5.02 Å². The maximum Gasteiger partial charge on any atom is 0.127 e. The first-order chi connectivity index (χ1) is 10.1. The van der Waals surface area contributed by atoms with Gasteiger partial charge >= 0.3 is 0 Å². The van der Waals surface area contributed by atoms with E-state index >= 15 is 0 Å². The zero-order valence-corrected chi connectivity index (χ0v) is 13.4. The van der Waals surface area contributed by atoms with E-state index in [1.54, 1.807) is 20.4 Å². The summed E-state index contributed by atoms with van der Waals surface area (Å²) in [5.74, 6) is 1.55. The smallest absolute Gasteiger partial charge is 0.127 e. The molecule has 114 valence electrons. The Kier molecular flexibility index (Phi) is 5.09. The molecular weight excluding hydrogens is 290 g/mol. The van der Waals surface area contributed by atoms with Crippen molar-refractivity contribution >= 4 is 11.6 Å². The van der Waals surface area contributed by atoms with Crippen molar-refractivity contribution in [2.24, 2.45) is 0 Å². The predicted octanol–water partition coefficient (Wildman–Crippen LogP) is 2.82. The molecule has 0 amide bonds. The van der Waals surface area contributed by atoms with Crippen molar-refractivity contribution in [3.05, 3.63) is 40.7 Å². The Morgan fingerprint density at radius 1 is 1.33 bits per heavy atom. The van der Waals surface area contributed by atoms with E-state index in [-0.39, 0.29) is 6.04 Å². The van der Waals surface area contributed by atoms with Gasteiger partial charge in [-0.2, -0.15) is 5.10 Å². The van der Waals surface area contributed by atoms with E-state index in [0.29, 0.717) is 11.6 Å². The van der Waals surface area contributed by atoms with Crippen LogP contribution >= 0.6 is 11.6 Å². The third kappa shape index (κ3) is 3.31. The van der Waals surface area contributed by atoms with Crippen molar-refractivity contribution in [2.45, 2.75) is 19.5 Å². The molecule has 21 heavy (non-hydrogen) atoms. The maximum absolute atomic E-state index is 6.06. The minimum absolute atomic E-state index is 0.0560. The summed E-state index contributed by atoms with van der Waals surface area (Å²) in [5, 5.41) is 8.26. The molecule has 1 heterocycles. The fourth-order valence-corrected chi connectivity index (χ4v) is 2.37. The van der Waals surface area contributed by atoms with Crippen LogP contribution in [0.4, 0.5) is 0 Å². The van der Waals surface area contributed by atoms with Gasteiger partial charge in [0.25, 0.3) is 0 Å². The molecule has 0 aliphatic rings. The van der Waals surface area contributed by atoms with Crippen LogP contribution in [0.5, 0.6) is 11.5 Å². The van der Waals surface area contributed by atoms with Crippen LogP contribution < -0.4 is 14.8 Å². The standard InChI is InChI=1S/C15H20ClN3O2/c1-10-13(16)8-18-19(10)9-14(17-2)12-6-5-11(20-3)7-15(12)21-4/h5-8,14,17H,9H2,1-4H3. The number of hydrogen-bond donors (Lipinski definition) is 1. The van der Waals surface area contributed by atoms with E-state index in [2.05, 4.69) is 10.4 Å². The molecule has 1 N–H and O–H groups in total. The molecule has 0 aliphatic carbocycles. The van der Waals surface area contributed by atoms with Gasteiger partial charge in [-0.1, -0.05) is 11.6 Å². The second-order valence-corrected chi connectivity index (χ2v) is 5.12. The van der Waals surface area contributed by atoms with Gasteiger partial charge in [-0.3, -0.25) is 4.68 Å². The number of nitrogens with zero attached hydrogens (tertiary/aromatic N) is 2. The lowest BCUT2D eigenvalue weighted by atomic mass is 10.1. The third-order valence-corrected chi connectivity index (χ3v) is 3.93. The first-order valence-corrected chi connectivity index (χ1v) is 7.05. The zero-order chi connectivity index (χ0) is 15.4. The van der Waals surface area contributed by atoms with Gasteiger partial charge in [0.15, 0.2) is 0 Å². The summed E-state index contributed by atoms with van der Waals surface area (Å²) in [6.07, 6.45) is 1.66. The molecule has 1 aromatic heterocycles. The van der Waals surface area contributed by atoms with Crippen molar-refractivity contribution < 1.29 is 9.47 Å². The number of rotatable bonds is 6. The average Bonchev–Trinajstić information content (AvgIpc) is 2.83. The van der Waals surface area contributed by atoms with Gasteiger partial charge in [-0.25, -0.2) is 0 Å². The Hall–Kier alpha value is -1.72. The lowest BCUT2D eigenvalue weighted by Gasteiger charge is -2.20. The van der Waals surface area contributed by atoms with Gasteiger partial charge in [0, 0.05) is 11.6 Å². The number of benzene rings is 1. The van der Waals surface area contributed by atoms with E-state index in [9.17, 15) is 0 Å². The lowest BCUT2D eigenvalue weighted by Crippen LogP contribution is -2.23. The number of hydrogen-bond acceptors (Lipinski definition) is 4. The molecule has 0 radical (unpaired) electrons. The second-order valence-electron chi connectivity index (χ2n) is 4.71. The highest BCUT2D eigenvalue weighted by Crippen LogP contribution is 2.30. The minimum atomic E-state index is 0.0560. The zero-order valence-electron chi connectivity index (χ0n) is 12.7. The number of methoxy groups -OCH3 is 2. The first kappa shape index (κ1) is 15.7. The molecule has 1 unspecified atom stereocenters. The Balaban J connectivity index is 2.31. The molecule has 0 bridgehead atoms. The van der Waals surface area contributed by atoms with E-state index in [0.717, 1.165) is 22.8 Å². The van der Waals surface area contributed by atoms with Crippen LogP contribution in [0, 0.1) is 6.92 Å². The Bertz CT molecular complexity index is 613. The molecule has 2 rings (SSSR count). The lowest BCUT2D eigenvalue weighted by molar-refractivity contribution is 0.378. The maximum atomic E-state index is 6.06. The molecule has 0 saturated heterocycles. The van der Waals surface area contributed by atoms with Crippen LogP contribution in [-0.4, -0.2) is 31.0 Å². The van der Waals surface area contributed by atoms with Crippen LogP contribution in [0.15, 0.2) is 24.4 Å². The summed E-state index contributed by atoms with van der Waals surface area (Å²) in [6, 6.07) is 5.85. The summed E-state index contributed by atoms with van der Waals surface area (Å²) >= 11 is 6.06. The third-order valence-electron chi connectivity index (χ3n) is 3.56. The van der Waals surface area contributed by atoms with Crippen molar-refractivity contribution in [1.29, 1.82) is 0 Å². The molecule has 1 atom stereocenters. The van der Waals surface area contributed by atoms with Crippen molar-refractivity contribution in [1.82, 2.24) is 15.1 Å². The molecule has 5 nitrogen and oxygen atoms in total. The highest BCUT2D eigenvalue weighted by molar-refractivity contribution is 6.31. The molecule has 0 spiro atoms. The summed E-state index contributed by atoms with van der Waals surface area (Å²) < 4.78 is 12.6. The fourth-order valence-electron chi connectivity index (χ4n) is 2.23. The van der Waals surface area contributed by atoms with Gasteiger partial charge < -0.3 is 14.8 Å². The second kappa shape index (κ2) is 6.83. The fraction of sp³-hybridized carbons (Fsp3) is 0.400. The van der Waals surface area contributed by atoms with Gasteiger partial charge in [0.2, 0.25) is 0 Å². The highest BCUT2D eigenvalue weighted by Gasteiger charge is 2.17. The minimum Gasteiger partial charge on any atom is -0.497 e. The molecule has 6 heteroatoms. The summed E-state index contributed by atoms with van der Waals surface area (Å²) in [4.78, 5) is 0. The van der Waals surface area contributed by atoms with Crippen molar-refractivity contribution in [3.63, 3.8) is 0 Å². The largest absolute Gasteiger partial charge is 0.497 e. The SMILES string of the molecule is CNC(Cn1ncc(Cl)c1C)c1ccc(OC)cc1OC. The molecule has 1 aromatic carbocycles. The average molecular weight is 310 g/mol. The summed E-state index contributed by atoms with van der Waals surface area (Å²) in [6.45, 7) is 2.62. The van der Waals surface area contributed by atoms with Gasteiger partial charge in [0.1, 0.15) is 11.5 Å². The topological polar surface area (TPSA) is 48.3 Å². The van der Waals surface area contributed by atoms with Gasteiger partial charge in [-0.15, -0.1) is 0 Å². The molecule has 0 saturated carbocycles. The van der Waals surface area contributed by atoms with Gasteiger partial charge in [0.05, 0.1) is 43.7 Å². The number of ether oxygens (including phenoxy) is 2. The Morgan fingerprint density at radius 3 is 2.62 bits per heavy atom. The molecule has 0 fully saturated rings. The normalized spacial score (nSPS) is 12.2. The van der Waals surface area contributed by atoms with E-state index in [1.165, 1.54) is 0 Å². The molecule has 2 aromatic rings. The highest BCUT2D eigenvalue weighted by atomic mass is 35.5. The Labute approximate surface area is 129 Å². The van der Waals surface area contributed by atoms with Crippen molar-refractivity contribution in [3.8, 4) is 11.5 Å². The quantitative estimate of drug-likeness (QED) is 0.891. The van der Waals surface area contributed by atoms with Crippen LogP contribution in [-0.2, 0) is 6.54 Å². The van der Waals surface area contributed by atoms with E-state index in [4.69, 9.17) is 21.1 Å². The number of aromatic nitrogens is 2. The monoisotopic (exact) mass is 309 g/mol. The van der Waals surface area contributed by atoms with Crippen LogP contribution in [0.25, 0.3) is 0 Å². The number of nitrogens with one attached hydrogen (secondary N) is 1. The number of likely N-dealkylation sites (N-methyl/N-ethyl adjacent to an activating group) is 1. The van der Waals surface area contributed by atoms with Gasteiger partial charge in [-0.05, 0) is 26.1 Å². The summed E-state index contributed by atoms with van der Waals surface area (Å²) in [7, 11) is 5.20. The first-order valence-electron chi connectivity index (χ1n) is 6.67. The van der Waals surface area contributed by atoms with Crippen LogP contribution in [0.1, 0.15) is 17.3 Å².